The maximum Gasteiger partial charge on any atom is 0.319 e. The van der Waals surface area contributed by atoms with Crippen molar-refractivity contribution in [2.75, 3.05) is 11.1 Å². The maximum atomic E-state index is 12.1. The fraction of sp³-hybridized carbons (Fsp3) is 0.400. The van der Waals surface area contributed by atoms with Gasteiger partial charge in [0.1, 0.15) is 12.2 Å². The van der Waals surface area contributed by atoms with Crippen LogP contribution in [0.3, 0.4) is 0 Å². The molecule has 2 heterocycles. The minimum Gasteiger partial charge on any atom is -0.333 e. The molecule has 1 aliphatic heterocycles. The van der Waals surface area contributed by atoms with E-state index in [0.29, 0.717) is 5.69 Å². The average Bonchev–Trinajstić information content (AvgIpc) is 2.93. The molecule has 1 aromatic heterocycles. The van der Waals surface area contributed by atoms with Gasteiger partial charge in [0.25, 0.3) is 0 Å². The van der Waals surface area contributed by atoms with E-state index in [1.807, 2.05) is 13.0 Å². The van der Waals surface area contributed by atoms with Crippen molar-refractivity contribution in [2.45, 2.75) is 31.6 Å². The molecule has 1 unspecified atom stereocenters. The second-order valence-corrected chi connectivity index (χ2v) is 8.92. The smallest absolute Gasteiger partial charge is 0.319 e. The number of nitrogens with one attached hydrogen (secondary N) is 2. The number of sulfone groups is 1. The molecule has 0 spiro atoms. The van der Waals surface area contributed by atoms with Crippen molar-refractivity contribution in [1.82, 2.24) is 20.1 Å². The van der Waals surface area contributed by atoms with Crippen molar-refractivity contribution < 1.29 is 13.2 Å². The summed E-state index contributed by atoms with van der Waals surface area (Å²) in [6, 6.07) is 6.33. The standard InChI is InChI=1S/C15H19N5O3S/c1-10-16-9-17-20(10)12-6-4-5-11(7-12)18-14(21)19-13-8-24(22,23)15(13,2)3/h4-7,9,13H,8H2,1-3H3,(H2,18,19,21). The fourth-order valence-corrected chi connectivity index (χ4v) is 4.21. The van der Waals surface area contributed by atoms with E-state index in [0.717, 1.165) is 11.5 Å². The molecule has 2 N–H and O–H groups in total. The molecule has 3 rings (SSSR count). The SMILES string of the molecule is Cc1ncnn1-c1cccc(NC(=O)NC2CS(=O)(=O)C2(C)C)c1. The van der Waals surface area contributed by atoms with Gasteiger partial charge in [-0.15, -0.1) is 0 Å². The minimum absolute atomic E-state index is 0.0361. The number of carbonyl (C=O) groups excluding carboxylic acids is 1. The van der Waals surface area contributed by atoms with Gasteiger partial charge in [0.05, 0.1) is 22.2 Å². The van der Waals surface area contributed by atoms with Crippen LogP contribution in [0.4, 0.5) is 10.5 Å². The summed E-state index contributed by atoms with van der Waals surface area (Å²) in [7, 11) is -3.13. The monoisotopic (exact) mass is 349 g/mol. The lowest BCUT2D eigenvalue weighted by Crippen LogP contribution is -2.67. The lowest BCUT2D eigenvalue weighted by molar-refractivity contribution is 0.245. The summed E-state index contributed by atoms with van der Waals surface area (Å²) < 4.78 is 24.1. The number of aryl methyl sites for hydroxylation is 1. The molecule has 1 atom stereocenters. The number of amides is 2. The molecule has 1 fully saturated rings. The van der Waals surface area contributed by atoms with Crippen molar-refractivity contribution in [3.63, 3.8) is 0 Å². The van der Waals surface area contributed by atoms with E-state index in [9.17, 15) is 13.2 Å². The quantitative estimate of drug-likeness (QED) is 0.868. The predicted molar refractivity (Wildman–Crippen MR) is 89.9 cm³/mol. The van der Waals surface area contributed by atoms with Gasteiger partial charge in [-0.1, -0.05) is 6.07 Å². The van der Waals surface area contributed by atoms with Gasteiger partial charge in [-0.05, 0) is 39.0 Å². The minimum atomic E-state index is -3.13. The van der Waals surface area contributed by atoms with Crippen LogP contribution in [0.25, 0.3) is 5.69 Å². The highest BCUT2D eigenvalue weighted by atomic mass is 32.2. The molecule has 9 heteroatoms. The van der Waals surface area contributed by atoms with E-state index in [1.54, 1.807) is 36.7 Å². The first-order valence-electron chi connectivity index (χ1n) is 7.47. The van der Waals surface area contributed by atoms with Crippen LogP contribution in [0.1, 0.15) is 19.7 Å². The number of carbonyl (C=O) groups is 1. The first-order chi connectivity index (χ1) is 11.2. The van der Waals surface area contributed by atoms with Gasteiger partial charge in [-0.2, -0.15) is 5.10 Å². The van der Waals surface area contributed by atoms with Crippen LogP contribution in [0.5, 0.6) is 0 Å². The third kappa shape index (κ3) is 2.75. The summed E-state index contributed by atoms with van der Waals surface area (Å²) in [5.74, 6) is 0.698. The lowest BCUT2D eigenvalue weighted by atomic mass is 10.0. The van der Waals surface area contributed by atoms with Crippen LogP contribution >= 0.6 is 0 Å². The van der Waals surface area contributed by atoms with Crippen LogP contribution < -0.4 is 10.6 Å². The first-order valence-corrected chi connectivity index (χ1v) is 9.13. The van der Waals surface area contributed by atoms with Crippen LogP contribution in [0.15, 0.2) is 30.6 Å². The van der Waals surface area contributed by atoms with Crippen LogP contribution in [0.2, 0.25) is 0 Å². The zero-order chi connectivity index (χ0) is 17.5. The Labute approximate surface area is 140 Å². The Balaban J connectivity index is 1.69. The number of nitrogens with zero attached hydrogens (tertiary/aromatic N) is 3. The van der Waals surface area contributed by atoms with Gasteiger partial charge in [-0.3, -0.25) is 0 Å². The largest absolute Gasteiger partial charge is 0.333 e. The highest BCUT2D eigenvalue weighted by Crippen LogP contribution is 2.33. The molecule has 8 nitrogen and oxygen atoms in total. The second kappa shape index (κ2) is 5.59. The van der Waals surface area contributed by atoms with Crippen LogP contribution in [-0.2, 0) is 9.84 Å². The zero-order valence-corrected chi connectivity index (χ0v) is 14.5. The molecule has 1 saturated heterocycles. The van der Waals surface area contributed by atoms with Gasteiger partial charge in [0.2, 0.25) is 0 Å². The Morgan fingerprint density at radius 1 is 1.38 bits per heavy atom. The Kier molecular flexibility index (Phi) is 3.83. The van der Waals surface area contributed by atoms with E-state index in [2.05, 4.69) is 20.7 Å². The van der Waals surface area contributed by atoms with Crippen molar-refractivity contribution in [2.24, 2.45) is 0 Å². The van der Waals surface area contributed by atoms with E-state index in [-0.39, 0.29) is 5.75 Å². The predicted octanol–water partition coefficient (Wildman–Crippen LogP) is 1.27. The van der Waals surface area contributed by atoms with E-state index in [1.165, 1.54) is 6.33 Å². The van der Waals surface area contributed by atoms with Gasteiger partial charge in [-0.25, -0.2) is 22.9 Å². The van der Waals surface area contributed by atoms with Crippen LogP contribution in [-0.4, -0.2) is 45.8 Å². The van der Waals surface area contributed by atoms with Gasteiger partial charge in [0, 0.05) is 5.69 Å². The van der Waals surface area contributed by atoms with E-state index >= 15 is 0 Å². The third-order valence-electron chi connectivity index (χ3n) is 4.40. The molecular weight excluding hydrogens is 330 g/mol. The molecule has 0 bridgehead atoms. The van der Waals surface area contributed by atoms with Gasteiger partial charge >= 0.3 is 6.03 Å². The highest BCUT2D eigenvalue weighted by molar-refractivity contribution is 7.94. The Hall–Kier alpha value is -2.42. The van der Waals surface area contributed by atoms with E-state index < -0.39 is 26.7 Å². The first kappa shape index (κ1) is 16.4. The average molecular weight is 349 g/mol. The second-order valence-electron chi connectivity index (χ2n) is 6.31. The van der Waals surface area contributed by atoms with Gasteiger partial charge in [0.15, 0.2) is 9.84 Å². The number of aromatic nitrogens is 3. The number of hydrogen-bond donors (Lipinski definition) is 2. The molecule has 1 aliphatic rings. The number of benzene rings is 1. The van der Waals surface area contributed by atoms with Gasteiger partial charge < -0.3 is 10.6 Å². The van der Waals surface area contributed by atoms with Crippen LogP contribution in [0, 0.1) is 6.92 Å². The highest BCUT2D eigenvalue weighted by Gasteiger charge is 2.54. The maximum absolute atomic E-state index is 12.1. The molecule has 0 aliphatic carbocycles. The normalized spacial score (nSPS) is 20.9. The summed E-state index contributed by atoms with van der Waals surface area (Å²) in [5, 5.41) is 9.56. The Morgan fingerprint density at radius 2 is 2.12 bits per heavy atom. The Morgan fingerprint density at radius 3 is 2.71 bits per heavy atom. The van der Waals surface area contributed by atoms with Crippen molar-refractivity contribution in [3.8, 4) is 5.69 Å². The topological polar surface area (TPSA) is 106 Å². The summed E-state index contributed by atoms with van der Waals surface area (Å²) in [6.45, 7) is 5.06. The number of anilines is 1. The molecule has 128 valence electrons. The molecule has 24 heavy (non-hydrogen) atoms. The Bertz CT molecular complexity index is 888. The van der Waals surface area contributed by atoms with Crippen molar-refractivity contribution in [1.29, 1.82) is 0 Å². The van der Waals surface area contributed by atoms with Crippen molar-refractivity contribution in [3.05, 3.63) is 36.4 Å². The number of hydrogen-bond acceptors (Lipinski definition) is 5. The molecule has 0 saturated carbocycles. The lowest BCUT2D eigenvalue weighted by Gasteiger charge is -2.43. The zero-order valence-electron chi connectivity index (χ0n) is 13.6. The molecule has 0 radical (unpaired) electrons. The molecular formula is C15H19N5O3S. The van der Waals surface area contributed by atoms with Crippen molar-refractivity contribution >= 4 is 21.6 Å². The summed E-state index contributed by atoms with van der Waals surface area (Å²) in [4.78, 5) is 16.2. The molecule has 2 aromatic rings. The molecule has 2 amide bonds. The number of urea groups is 1. The third-order valence-corrected chi connectivity index (χ3v) is 7.06. The number of rotatable bonds is 3. The summed E-state index contributed by atoms with van der Waals surface area (Å²) in [5.41, 5.74) is 1.36. The summed E-state index contributed by atoms with van der Waals surface area (Å²) >= 11 is 0. The summed E-state index contributed by atoms with van der Waals surface area (Å²) in [6.07, 6.45) is 1.46. The molecule has 1 aromatic carbocycles. The van der Waals surface area contributed by atoms with E-state index in [4.69, 9.17) is 0 Å². The fourth-order valence-electron chi connectivity index (χ4n) is 2.56.